The molecule has 0 radical (unpaired) electrons. The molecule has 0 spiro atoms. The van der Waals surface area contributed by atoms with Crippen LogP contribution < -0.4 is 5.73 Å². The highest BCUT2D eigenvalue weighted by molar-refractivity contribution is 7.21. The molecule has 0 aliphatic carbocycles. The molecule has 0 aliphatic rings. The molecular weight excluding hydrogens is 264 g/mol. The number of hydrogen-bond donors (Lipinski definition) is 1. The number of nitrogens with two attached hydrogens (primary N) is 1. The third kappa shape index (κ3) is 1.85. The molecule has 1 aromatic heterocycles. The van der Waals surface area contributed by atoms with E-state index in [1.807, 2.05) is 24.3 Å². The van der Waals surface area contributed by atoms with E-state index in [9.17, 15) is 0 Å². The molecule has 0 bridgehead atoms. The molecule has 2 nitrogen and oxygen atoms in total. The lowest BCUT2D eigenvalue weighted by Crippen LogP contribution is -1.89. The second-order valence-electron chi connectivity index (χ2n) is 4.19. The van der Waals surface area contributed by atoms with Crippen molar-refractivity contribution in [2.24, 2.45) is 0 Å². The first-order valence-electron chi connectivity index (χ1n) is 5.57. The Labute approximate surface area is 114 Å². The number of thiazole rings is 1. The molecule has 0 atom stereocenters. The van der Waals surface area contributed by atoms with Crippen LogP contribution in [0.4, 0.5) is 5.69 Å². The molecule has 3 rings (SSSR count). The van der Waals surface area contributed by atoms with E-state index in [1.54, 1.807) is 11.3 Å². The van der Waals surface area contributed by atoms with E-state index in [2.05, 4.69) is 24.0 Å². The molecular formula is C14H11ClN2S. The van der Waals surface area contributed by atoms with Crippen LogP contribution >= 0.6 is 22.9 Å². The van der Waals surface area contributed by atoms with Gasteiger partial charge in [0.25, 0.3) is 0 Å². The predicted molar refractivity (Wildman–Crippen MR) is 79.2 cm³/mol. The number of nitrogen functional groups attached to an aromatic ring is 1. The van der Waals surface area contributed by atoms with Crippen molar-refractivity contribution >= 4 is 38.8 Å². The van der Waals surface area contributed by atoms with Crippen LogP contribution in [0.5, 0.6) is 0 Å². The van der Waals surface area contributed by atoms with Crippen LogP contribution in [0.2, 0.25) is 5.02 Å². The number of aromatic nitrogens is 1. The summed E-state index contributed by atoms with van der Waals surface area (Å²) in [7, 11) is 0. The Morgan fingerprint density at radius 1 is 1.22 bits per heavy atom. The maximum Gasteiger partial charge on any atom is 0.128 e. The minimum absolute atomic E-state index is 0.644. The largest absolute Gasteiger partial charge is 0.398 e. The molecule has 2 aromatic carbocycles. The first kappa shape index (κ1) is 11.5. The SMILES string of the molecule is Cc1ccc2nc(-c3c(N)cccc3Cl)sc2c1. The number of rotatable bonds is 1. The fourth-order valence-corrected chi connectivity index (χ4v) is 3.38. The number of nitrogens with zero attached hydrogens (tertiary/aromatic N) is 1. The van der Waals surface area contributed by atoms with E-state index in [4.69, 9.17) is 17.3 Å². The van der Waals surface area contributed by atoms with Crippen LogP contribution in [0.15, 0.2) is 36.4 Å². The second-order valence-corrected chi connectivity index (χ2v) is 5.63. The lowest BCUT2D eigenvalue weighted by Gasteiger charge is -2.03. The summed E-state index contributed by atoms with van der Waals surface area (Å²) < 4.78 is 1.16. The van der Waals surface area contributed by atoms with Crippen molar-refractivity contribution < 1.29 is 0 Å². The third-order valence-corrected chi connectivity index (χ3v) is 4.15. The Morgan fingerprint density at radius 3 is 2.83 bits per heavy atom. The van der Waals surface area contributed by atoms with Crippen molar-refractivity contribution in [3.05, 3.63) is 47.0 Å². The Kier molecular flexibility index (Phi) is 2.73. The molecule has 0 unspecified atom stereocenters. The zero-order valence-corrected chi connectivity index (χ0v) is 11.3. The van der Waals surface area contributed by atoms with Crippen LogP contribution in [0.3, 0.4) is 0 Å². The van der Waals surface area contributed by atoms with Gasteiger partial charge < -0.3 is 5.73 Å². The smallest absolute Gasteiger partial charge is 0.128 e. The van der Waals surface area contributed by atoms with Gasteiger partial charge >= 0.3 is 0 Å². The van der Waals surface area contributed by atoms with Gasteiger partial charge in [0.15, 0.2) is 0 Å². The van der Waals surface area contributed by atoms with Gasteiger partial charge in [-0.25, -0.2) is 4.98 Å². The molecule has 3 aromatic rings. The Bertz CT molecular complexity index is 713. The predicted octanol–water partition coefficient (Wildman–Crippen LogP) is 4.51. The highest BCUT2D eigenvalue weighted by Crippen LogP contribution is 2.37. The third-order valence-electron chi connectivity index (χ3n) is 2.80. The van der Waals surface area contributed by atoms with Crippen LogP contribution in [-0.2, 0) is 0 Å². The lowest BCUT2D eigenvalue weighted by atomic mass is 10.2. The van der Waals surface area contributed by atoms with Gasteiger partial charge in [-0.15, -0.1) is 11.3 Å². The zero-order chi connectivity index (χ0) is 12.7. The second kappa shape index (κ2) is 4.26. The summed E-state index contributed by atoms with van der Waals surface area (Å²) in [4.78, 5) is 4.60. The molecule has 0 saturated heterocycles. The quantitative estimate of drug-likeness (QED) is 0.663. The maximum atomic E-state index is 6.21. The van der Waals surface area contributed by atoms with Crippen LogP contribution in [0, 0.1) is 6.92 Å². The van der Waals surface area contributed by atoms with E-state index in [1.165, 1.54) is 5.56 Å². The van der Waals surface area contributed by atoms with Gasteiger partial charge in [-0.1, -0.05) is 23.7 Å². The number of fused-ring (bicyclic) bond motifs is 1. The van der Waals surface area contributed by atoms with E-state index in [0.717, 1.165) is 20.8 Å². The van der Waals surface area contributed by atoms with Gasteiger partial charge in [-0.3, -0.25) is 0 Å². The van der Waals surface area contributed by atoms with Gasteiger partial charge in [0, 0.05) is 5.69 Å². The van der Waals surface area contributed by atoms with Crippen molar-refractivity contribution in [2.45, 2.75) is 6.92 Å². The van der Waals surface area contributed by atoms with Crippen molar-refractivity contribution in [3.63, 3.8) is 0 Å². The van der Waals surface area contributed by atoms with Gasteiger partial charge in [-0.05, 0) is 36.8 Å². The van der Waals surface area contributed by atoms with Crippen molar-refractivity contribution in [3.8, 4) is 10.6 Å². The summed E-state index contributed by atoms with van der Waals surface area (Å²) in [6.45, 7) is 2.07. The minimum atomic E-state index is 0.644. The van der Waals surface area contributed by atoms with Crippen molar-refractivity contribution in [1.82, 2.24) is 4.98 Å². The van der Waals surface area contributed by atoms with Crippen molar-refractivity contribution in [2.75, 3.05) is 5.73 Å². The first-order chi connectivity index (χ1) is 8.65. The highest BCUT2D eigenvalue weighted by Gasteiger charge is 2.12. The number of aryl methyl sites for hydroxylation is 1. The summed E-state index contributed by atoms with van der Waals surface area (Å²) in [6, 6.07) is 11.7. The van der Waals surface area contributed by atoms with Gasteiger partial charge in [0.2, 0.25) is 0 Å². The monoisotopic (exact) mass is 274 g/mol. The molecule has 0 saturated carbocycles. The van der Waals surface area contributed by atoms with Gasteiger partial charge in [0.1, 0.15) is 5.01 Å². The van der Waals surface area contributed by atoms with Gasteiger partial charge in [-0.2, -0.15) is 0 Å². The number of benzene rings is 2. The maximum absolute atomic E-state index is 6.21. The van der Waals surface area contributed by atoms with E-state index in [-0.39, 0.29) is 0 Å². The van der Waals surface area contributed by atoms with Crippen LogP contribution in [0.1, 0.15) is 5.56 Å². The van der Waals surface area contributed by atoms with E-state index >= 15 is 0 Å². The zero-order valence-electron chi connectivity index (χ0n) is 9.77. The standard InChI is InChI=1S/C14H11ClN2S/c1-8-5-6-11-12(7-8)18-14(17-11)13-9(15)3-2-4-10(13)16/h2-7H,16H2,1H3. The molecule has 4 heteroatoms. The summed E-state index contributed by atoms with van der Waals surface area (Å²) in [5.41, 5.74) is 9.70. The Hall–Kier alpha value is -1.58. The van der Waals surface area contributed by atoms with E-state index < -0.39 is 0 Å². The van der Waals surface area contributed by atoms with E-state index in [0.29, 0.717) is 10.7 Å². The minimum Gasteiger partial charge on any atom is -0.398 e. The molecule has 90 valence electrons. The molecule has 18 heavy (non-hydrogen) atoms. The normalized spacial score (nSPS) is 11.0. The fraction of sp³-hybridized carbons (Fsp3) is 0.0714. The average molecular weight is 275 g/mol. The molecule has 0 amide bonds. The van der Waals surface area contributed by atoms with Crippen molar-refractivity contribution in [1.29, 1.82) is 0 Å². The molecule has 2 N–H and O–H groups in total. The first-order valence-corrected chi connectivity index (χ1v) is 6.76. The Balaban J connectivity index is 2.26. The molecule has 1 heterocycles. The number of anilines is 1. The molecule has 0 fully saturated rings. The summed E-state index contributed by atoms with van der Waals surface area (Å²) in [5.74, 6) is 0. The molecule has 0 aliphatic heterocycles. The Morgan fingerprint density at radius 2 is 2.06 bits per heavy atom. The number of hydrogen-bond acceptors (Lipinski definition) is 3. The highest BCUT2D eigenvalue weighted by atomic mass is 35.5. The van der Waals surface area contributed by atoms with Gasteiger partial charge in [0.05, 0.1) is 20.8 Å². The summed E-state index contributed by atoms with van der Waals surface area (Å²) in [6.07, 6.45) is 0. The lowest BCUT2D eigenvalue weighted by molar-refractivity contribution is 1.45. The summed E-state index contributed by atoms with van der Waals surface area (Å²) >= 11 is 7.83. The van der Waals surface area contributed by atoms with Crippen LogP contribution in [0.25, 0.3) is 20.8 Å². The average Bonchev–Trinajstić information content (AvgIpc) is 2.71. The fourth-order valence-electron chi connectivity index (χ4n) is 1.91. The number of halogens is 1. The summed E-state index contributed by atoms with van der Waals surface area (Å²) in [5, 5.41) is 1.52. The topological polar surface area (TPSA) is 38.9 Å². The van der Waals surface area contributed by atoms with Crippen LogP contribution in [-0.4, -0.2) is 4.98 Å².